The summed E-state index contributed by atoms with van der Waals surface area (Å²) < 4.78 is 0. The van der Waals surface area contributed by atoms with E-state index in [2.05, 4.69) is 34.3 Å². The lowest BCUT2D eigenvalue weighted by molar-refractivity contribution is -0.120. The van der Waals surface area contributed by atoms with Crippen molar-refractivity contribution < 1.29 is 4.79 Å². The molecule has 0 bridgehead atoms. The highest BCUT2D eigenvalue weighted by Gasteiger charge is 2.14. The first-order valence-corrected chi connectivity index (χ1v) is 10.7. The van der Waals surface area contributed by atoms with Gasteiger partial charge in [0, 0.05) is 30.7 Å². The molecule has 0 saturated heterocycles. The van der Waals surface area contributed by atoms with Crippen molar-refractivity contribution in [2.24, 2.45) is 0 Å². The monoisotopic (exact) mass is 402 g/mol. The number of aromatic nitrogens is 3. The number of hydrogen-bond donors (Lipinski definition) is 1. The molecule has 1 N–H and O–H groups in total. The minimum atomic E-state index is 0.0486. The number of nitrogens with one attached hydrogen (secondary N) is 1. The SMILES string of the molecule is CCC[C@H](Cc1cncc(-c2ccc(CC(=O)NCC)c(C)c2)n1)c1cccnc1. The summed E-state index contributed by atoms with van der Waals surface area (Å²) in [6, 6.07) is 10.3. The van der Waals surface area contributed by atoms with Crippen molar-refractivity contribution >= 4 is 5.91 Å². The molecule has 3 aromatic rings. The van der Waals surface area contributed by atoms with Crippen molar-refractivity contribution in [2.45, 2.75) is 52.4 Å². The second kappa shape index (κ2) is 10.6. The van der Waals surface area contributed by atoms with Crippen LogP contribution in [0.25, 0.3) is 11.3 Å². The fourth-order valence-corrected chi connectivity index (χ4v) is 3.73. The Morgan fingerprint density at radius 2 is 1.97 bits per heavy atom. The first-order chi connectivity index (χ1) is 14.6. The fourth-order valence-electron chi connectivity index (χ4n) is 3.73. The van der Waals surface area contributed by atoms with Crippen LogP contribution in [-0.4, -0.2) is 27.4 Å². The summed E-state index contributed by atoms with van der Waals surface area (Å²) >= 11 is 0. The van der Waals surface area contributed by atoms with Crippen LogP contribution in [0.2, 0.25) is 0 Å². The molecule has 3 rings (SSSR count). The van der Waals surface area contributed by atoms with Crippen LogP contribution in [0, 0.1) is 6.92 Å². The lowest BCUT2D eigenvalue weighted by atomic mass is 9.91. The maximum Gasteiger partial charge on any atom is 0.224 e. The van der Waals surface area contributed by atoms with Crippen LogP contribution >= 0.6 is 0 Å². The van der Waals surface area contributed by atoms with Gasteiger partial charge in [-0.1, -0.05) is 31.5 Å². The van der Waals surface area contributed by atoms with E-state index in [1.807, 2.05) is 50.6 Å². The molecule has 2 heterocycles. The van der Waals surface area contributed by atoms with Gasteiger partial charge >= 0.3 is 0 Å². The molecular formula is C25H30N4O. The molecule has 1 amide bonds. The summed E-state index contributed by atoms with van der Waals surface area (Å²) in [6.07, 6.45) is 10.9. The molecule has 1 atom stereocenters. The number of carbonyl (C=O) groups excluding carboxylic acids is 1. The molecule has 30 heavy (non-hydrogen) atoms. The Hall–Kier alpha value is -3.08. The summed E-state index contributed by atoms with van der Waals surface area (Å²) in [4.78, 5) is 25.5. The average molecular weight is 403 g/mol. The maximum absolute atomic E-state index is 11.9. The quantitative estimate of drug-likeness (QED) is 0.566. The van der Waals surface area contributed by atoms with Crippen LogP contribution in [0.3, 0.4) is 0 Å². The van der Waals surface area contributed by atoms with Gasteiger partial charge in [0.25, 0.3) is 0 Å². The van der Waals surface area contributed by atoms with Crippen molar-refractivity contribution in [3.05, 3.63) is 77.5 Å². The smallest absolute Gasteiger partial charge is 0.224 e. The molecule has 5 heteroatoms. The normalized spacial score (nSPS) is 11.8. The fraction of sp³-hybridized carbons (Fsp3) is 0.360. The maximum atomic E-state index is 11.9. The molecule has 0 spiro atoms. The van der Waals surface area contributed by atoms with Crippen molar-refractivity contribution in [2.75, 3.05) is 6.54 Å². The van der Waals surface area contributed by atoms with E-state index in [1.54, 1.807) is 6.20 Å². The molecule has 0 aliphatic carbocycles. The molecule has 1 aromatic carbocycles. The Labute approximate surface area is 179 Å². The van der Waals surface area contributed by atoms with Crippen molar-refractivity contribution in [1.82, 2.24) is 20.3 Å². The van der Waals surface area contributed by atoms with Gasteiger partial charge in [0.1, 0.15) is 0 Å². The Morgan fingerprint density at radius 3 is 2.67 bits per heavy atom. The van der Waals surface area contributed by atoms with E-state index in [0.29, 0.717) is 18.9 Å². The molecule has 5 nitrogen and oxygen atoms in total. The zero-order chi connectivity index (χ0) is 21.3. The van der Waals surface area contributed by atoms with Gasteiger partial charge in [-0.25, -0.2) is 4.98 Å². The third kappa shape index (κ3) is 5.72. The van der Waals surface area contributed by atoms with Crippen LogP contribution < -0.4 is 5.32 Å². The van der Waals surface area contributed by atoms with Crippen LogP contribution in [0.4, 0.5) is 0 Å². The van der Waals surface area contributed by atoms with Gasteiger partial charge in [-0.05, 0) is 61.4 Å². The molecule has 2 aromatic heterocycles. The number of likely N-dealkylation sites (N-methyl/N-ethyl adjacent to an activating group) is 1. The van der Waals surface area contributed by atoms with Gasteiger partial charge in [-0.3, -0.25) is 14.8 Å². The second-order valence-electron chi connectivity index (χ2n) is 7.64. The summed E-state index contributed by atoms with van der Waals surface area (Å²) in [5.74, 6) is 0.432. The Balaban J connectivity index is 1.79. The summed E-state index contributed by atoms with van der Waals surface area (Å²) in [6.45, 7) is 6.82. The minimum Gasteiger partial charge on any atom is -0.356 e. The summed E-state index contributed by atoms with van der Waals surface area (Å²) in [5.41, 5.74) is 6.24. The zero-order valence-electron chi connectivity index (χ0n) is 18.1. The number of benzene rings is 1. The summed E-state index contributed by atoms with van der Waals surface area (Å²) in [5, 5.41) is 2.85. The topological polar surface area (TPSA) is 67.8 Å². The molecule has 0 fully saturated rings. The predicted octanol–water partition coefficient (Wildman–Crippen LogP) is 4.65. The molecule has 0 aliphatic heterocycles. The minimum absolute atomic E-state index is 0.0486. The van der Waals surface area contributed by atoms with E-state index in [1.165, 1.54) is 5.56 Å². The highest BCUT2D eigenvalue weighted by Crippen LogP contribution is 2.26. The van der Waals surface area contributed by atoms with Gasteiger partial charge in [0.15, 0.2) is 0 Å². The molecule has 0 unspecified atom stereocenters. The Bertz CT molecular complexity index is 972. The van der Waals surface area contributed by atoms with Crippen LogP contribution in [0.15, 0.2) is 55.1 Å². The molecule has 0 radical (unpaired) electrons. The van der Waals surface area contributed by atoms with E-state index in [0.717, 1.165) is 47.3 Å². The first-order valence-electron chi connectivity index (χ1n) is 10.7. The van der Waals surface area contributed by atoms with Crippen molar-refractivity contribution in [3.63, 3.8) is 0 Å². The van der Waals surface area contributed by atoms with Crippen molar-refractivity contribution in [1.29, 1.82) is 0 Å². The number of aryl methyl sites for hydroxylation is 1. The zero-order valence-corrected chi connectivity index (χ0v) is 18.1. The highest BCUT2D eigenvalue weighted by molar-refractivity contribution is 5.79. The van der Waals surface area contributed by atoms with Gasteiger partial charge in [0.2, 0.25) is 5.91 Å². The van der Waals surface area contributed by atoms with E-state index in [-0.39, 0.29) is 5.91 Å². The average Bonchev–Trinajstić information content (AvgIpc) is 2.76. The summed E-state index contributed by atoms with van der Waals surface area (Å²) in [7, 11) is 0. The van der Waals surface area contributed by atoms with Crippen LogP contribution in [0.5, 0.6) is 0 Å². The largest absolute Gasteiger partial charge is 0.356 e. The van der Waals surface area contributed by atoms with E-state index in [9.17, 15) is 4.79 Å². The van der Waals surface area contributed by atoms with Crippen LogP contribution in [0.1, 0.15) is 55.0 Å². The van der Waals surface area contributed by atoms with Gasteiger partial charge in [-0.2, -0.15) is 0 Å². The third-order valence-electron chi connectivity index (χ3n) is 5.30. The third-order valence-corrected chi connectivity index (χ3v) is 5.30. The van der Waals surface area contributed by atoms with E-state index >= 15 is 0 Å². The molecule has 0 aliphatic rings. The number of amides is 1. The molecular weight excluding hydrogens is 372 g/mol. The number of hydrogen-bond acceptors (Lipinski definition) is 4. The highest BCUT2D eigenvalue weighted by atomic mass is 16.1. The standard InChI is InChI=1S/C25H30N4O/c1-4-7-20(22-8-6-11-26-15-22)13-23-16-27-17-24(29-23)21-10-9-19(18(3)12-21)14-25(30)28-5-2/h6,8-12,15-17,20H,4-5,7,13-14H2,1-3H3,(H,28,30)/t20-/m1/s1. The first kappa shape index (κ1) is 21.6. The Morgan fingerprint density at radius 1 is 1.10 bits per heavy atom. The van der Waals surface area contributed by atoms with Crippen LogP contribution in [-0.2, 0) is 17.6 Å². The second-order valence-corrected chi connectivity index (χ2v) is 7.64. The number of pyridine rings is 1. The van der Waals surface area contributed by atoms with Gasteiger partial charge < -0.3 is 5.32 Å². The van der Waals surface area contributed by atoms with Gasteiger partial charge in [-0.15, -0.1) is 0 Å². The number of nitrogens with zero attached hydrogens (tertiary/aromatic N) is 3. The van der Waals surface area contributed by atoms with Crippen molar-refractivity contribution in [3.8, 4) is 11.3 Å². The van der Waals surface area contributed by atoms with Gasteiger partial charge in [0.05, 0.1) is 24.0 Å². The number of carbonyl (C=O) groups is 1. The Kier molecular flexibility index (Phi) is 7.66. The molecule has 156 valence electrons. The predicted molar refractivity (Wildman–Crippen MR) is 120 cm³/mol. The number of rotatable bonds is 9. The van der Waals surface area contributed by atoms with E-state index < -0.39 is 0 Å². The lowest BCUT2D eigenvalue weighted by Gasteiger charge is -2.16. The molecule has 0 saturated carbocycles. The van der Waals surface area contributed by atoms with E-state index in [4.69, 9.17) is 4.98 Å². The lowest BCUT2D eigenvalue weighted by Crippen LogP contribution is -2.24.